The fourth-order valence-corrected chi connectivity index (χ4v) is 5.03. The van der Waals surface area contributed by atoms with Gasteiger partial charge in [-0.05, 0) is 67.3 Å². The van der Waals surface area contributed by atoms with Gasteiger partial charge < -0.3 is 14.9 Å². The molecule has 0 aliphatic heterocycles. The molecule has 0 heterocycles. The van der Waals surface area contributed by atoms with E-state index < -0.39 is 51.6 Å². The van der Waals surface area contributed by atoms with Crippen molar-refractivity contribution in [3.05, 3.63) is 88.1 Å². The third-order valence-corrected chi connectivity index (χ3v) is 6.80. The number of aliphatic hydroxyl groups excluding tert-OH is 2. The molecule has 0 aromatic heterocycles. The molecule has 9 heteroatoms. The summed E-state index contributed by atoms with van der Waals surface area (Å²) in [5.74, 6) is -3.10. The lowest BCUT2D eigenvalue weighted by molar-refractivity contribution is -0.139. The maximum absolute atomic E-state index is 13.9. The minimum Gasteiger partial charge on any atom is -0.507 e. The summed E-state index contributed by atoms with van der Waals surface area (Å²) in [6, 6.07) is 7.93. The Morgan fingerprint density at radius 3 is 2.08 bits per heavy atom. The van der Waals surface area contributed by atoms with Gasteiger partial charge in [0.25, 0.3) is 0 Å². The highest BCUT2D eigenvalue weighted by Gasteiger charge is 2.52. The van der Waals surface area contributed by atoms with Crippen LogP contribution in [-0.4, -0.2) is 21.8 Å². The first kappa shape index (κ1) is 30.7. The van der Waals surface area contributed by atoms with E-state index in [-0.39, 0.29) is 41.9 Å². The average molecular weight is 561 g/mol. The van der Waals surface area contributed by atoms with Gasteiger partial charge in [0.15, 0.2) is 11.6 Å². The van der Waals surface area contributed by atoms with Crippen LogP contribution >= 0.6 is 0 Å². The first-order valence-electron chi connectivity index (χ1n) is 13.2. The summed E-state index contributed by atoms with van der Waals surface area (Å²) >= 11 is 0. The number of hydrogen-bond acceptors (Lipinski definition) is 5. The van der Waals surface area contributed by atoms with Crippen molar-refractivity contribution in [2.75, 3.05) is 0 Å². The number of rotatable bonds is 10. The molecule has 0 atom stereocenters. The van der Waals surface area contributed by atoms with Gasteiger partial charge in [0.1, 0.15) is 34.4 Å². The molecule has 0 unspecified atom stereocenters. The highest BCUT2D eigenvalue weighted by molar-refractivity contribution is 6.24. The normalized spacial score (nSPS) is 17.1. The van der Waals surface area contributed by atoms with E-state index in [0.29, 0.717) is 19.3 Å². The van der Waals surface area contributed by atoms with Crippen molar-refractivity contribution in [2.24, 2.45) is 5.41 Å². The third-order valence-electron chi connectivity index (χ3n) is 6.80. The second-order valence-corrected chi connectivity index (χ2v) is 9.71. The van der Waals surface area contributed by atoms with Crippen molar-refractivity contribution in [3.63, 3.8) is 0 Å². The number of carbonyl (C=O) groups excluding carboxylic acids is 2. The topological polar surface area (TPSA) is 83.8 Å². The van der Waals surface area contributed by atoms with Gasteiger partial charge in [-0.25, -0.2) is 4.39 Å². The molecule has 5 nitrogen and oxygen atoms in total. The number of benzene rings is 2. The number of alkyl halides is 3. The summed E-state index contributed by atoms with van der Waals surface area (Å²) in [5, 5.41) is 21.8. The number of ether oxygens (including phenoxy) is 1. The predicted octanol–water partition coefficient (Wildman–Crippen LogP) is 8.81. The van der Waals surface area contributed by atoms with Crippen LogP contribution in [0.25, 0.3) is 6.08 Å². The van der Waals surface area contributed by atoms with Crippen LogP contribution in [0.15, 0.2) is 71.2 Å². The van der Waals surface area contributed by atoms with Crippen LogP contribution in [0.1, 0.15) is 70.4 Å². The van der Waals surface area contributed by atoms with Crippen LogP contribution in [0, 0.1) is 11.2 Å². The molecule has 0 bridgehead atoms. The number of Topliss-reactive ketones (excluding diaryl/α,β-unsaturated/α-hetero) is 2. The lowest BCUT2D eigenvalue weighted by Gasteiger charge is -2.36. The third kappa shape index (κ3) is 6.29. The molecule has 2 N–H and O–H groups in total. The van der Waals surface area contributed by atoms with Gasteiger partial charge in [-0.3, -0.25) is 9.59 Å². The molecule has 2 aromatic carbocycles. The fourth-order valence-electron chi connectivity index (χ4n) is 5.03. The molecule has 1 aliphatic rings. The zero-order valence-electron chi connectivity index (χ0n) is 22.6. The highest BCUT2D eigenvalue weighted by Crippen LogP contribution is 2.45. The molecule has 0 radical (unpaired) electrons. The zero-order chi connectivity index (χ0) is 29.7. The van der Waals surface area contributed by atoms with E-state index in [9.17, 15) is 37.4 Å². The van der Waals surface area contributed by atoms with Gasteiger partial charge in [-0.1, -0.05) is 52.2 Å². The summed E-state index contributed by atoms with van der Waals surface area (Å²) in [5.41, 5.74) is -3.29. The zero-order valence-corrected chi connectivity index (χ0v) is 22.6. The summed E-state index contributed by atoms with van der Waals surface area (Å²) in [6.45, 7) is 5.44. The molecule has 0 fully saturated rings. The summed E-state index contributed by atoms with van der Waals surface area (Å²) in [7, 11) is 0. The number of carbonyl (C=O) groups is 2. The smallest absolute Gasteiger partial charge is 0.417 e. The first-order valence-corrected chi connectivity index (χ1v) is 13.2. The number of aliphatic hydroxyl groups is 2. The van der Waals surface area contributed by atoms with Crippen molar-refractivity contribution in [2.45, 2.75) is 65.5 Å². The minimum absolute atomic E-state index is 0.0391. The Kier molecular flexibility index (Phi) is 9.60. The van der Waals surface area contributed by atoms with E-state index >= 15 is 0 Å². The van der Waals surface area contributed by atoms with E-state index in [4.69, 9.17) is 4.74 Å². The van der Waals surface area contributed by atoms with Crippen molar-refractivity contribution >= 4 is 17.6 Å². The number of hydrogen-bond donors (Lipinski definition) is 2. The quantitative estimate of drug-likeness (QED) is 0.131. The van der Waals surface area contributed by atoms with Crippen LogP contribution in [-0.2, 0) is 15.8 Å². The summed E-state index contributed by atoms with van der Waals surface area (Å²) in [6.07, 6.45) is -0.793. The summed E-state index contributed by atoms with van der Waals surface area (Å²) in [4.78, 5) is 27.0. The fraction of sp³-hybridized carbons (Fsp3) is 0.355. The van der Waals surface area contributed by atoms with Crippen molar-refractivity contribution < 1.29 is 42.1 Å². The Balaban J connectivity index is 2.09. The molecule has 40 heavy (non-hydrogen) atoms. The number of allylic oxidation sites excluding steroid dienone is 3. The SMILES string of the molecule is CCCC1=C(O)C(=C(O)/C=C/c2ccc(Oc3ccc(F)cc3)cc2C(F)(F)F)C(=O)C(CCC)(CCC)C1=O. The second kappa shape index (κ2) is 12.5. The number of ketones is 2. The van der Waals surface area contributed by atoms with Gasteiger partial charge in [0.2, 0.25) is 0 Å². The van der Waals surface area contributed by atoms with Crippen LogP contribution in [0.4, 0.5) is 17.6 Å². The van der Waals surface area contributed by atoms with Crippen molar-refractivity contribution in [3.8, 4) is 11.5 Å². The molecule has 0 amide bonds. The van der Waals surface area contributed by atoms with Crippen LogP contribution in [0.3, 0.4) is 0 Å². The van der Waals surface area contributed by atoms with Crippen LogP contribution < -0.4 is 4.74 Å². The number of halogens is 4. The van der Waals surface area contributed by atoms with E-state index in [2.05, 4.69) is 0 Å². The molecular formula is C31H32F4O5. The second-order valence-electron chi connectivity index (χ2n) is 9.71. The van der Waals surface area contributed by atoms with E-state index in [1.807, 2.05) is 13.8 Å². The van der Waals surface area contributed by atoms with Gasteiger partial charge in [-0.15, -0.1) is 0 Å². The van der Waals surface area contributed by atoms with Crippen molar-refractivity contribution in [1.82, 2.24) is 0 Å². The summed E-state index contributed by atoms with van der Waals surface area (Å²) < 4.78 is 60.3. The Labute approximate surface area is 230 Å². The minimum atomic E-state index is -4.80. The molecule has 0 saturated heterocycles. The maximum atomic E-state index is 13.9. The Morgan fingerprint density at radius 1 is 0.925 bits per heavy atom. The largest absolute Gasteiger partial charge is 0.507 e. The van der Waals surface area contributed by atoms with Crippen LogP contribution in [0.2, 0.25) is 0 Å². The Hall–Kier alpha value is -3.88. The first-order chi connectivity index (χ1) is 18.9. The van der Waals surface area contributed by atoms with Gasteiger partial charge >= 0.3 is 6.18 Å². The molecule has 0 saturated carbocycles. The average Bonchev–Trinajstić information content (AvgIpc) is 2.90. The highest BCUT2D eigenvalue weighted by atomic mass is 19.4. The molecule has 2 aromatic rings. The van der Waals surface area contributed by atoms with Gasteiger partial charge in [0, 0.05) is 5.57 Å². The lowest BCUT2D eigenvalue weighted by atomic mass is 9.64. The molecule has 214 valence electrons. The Bertz CT molecular complexity index is 1340. The van der Waals surface area contributed by atoms with Crippen LogP contribution in [0.5, 0.6) is 11.5 Å². The molecular weight excluding hydrogens is 528 g/mol. The van der Waals surface area contributed by atoms with E-state index in [0.717, 1.165) is 36.4 Å². The van der Waals surface area contributed by atoms with Crippen molar-refractivity contribution in [1.29, 1.82) is 0 Å². The van der Waals surface area contributed by atoms with E-state index in [1.54, 1.807) is 6.92 Å². The van der Waals surface area contributed by atoms with Gasteiger partial charge in [0.05, 0.1) is 11.0 Å². The van der Waals surface area contributed by atoms with E-state index in [1.165, 1.54) is 18.2 Å². The lowest BCUT2D eigenvalue weighted by Crippen LogP contribution is -2.45. The van der Waals surface area contributed by atoms with Gasteiger partial charge in [-0.2, -0.15) is 13.2 Å². The Morgan fingerprint density at radius 2 is 1.52 bits per heavy atom. The standard InChI is InChI=1S/C31H32F4O5/c1-4-7-23-27(37)26(29(39)30(16-5-2,17-6-3)28(23)38)25(36)15-9-19-8-12-22(18-24(19)31(33,34)35)40-21-13-10-20(32)11-14-21/h8-15,18,36-37H,4-7,16-17H2,1-3H3/b15-9+,26-25?. The molecule has 0 spiro atoms. The molecule has 1 aliphatic carbocycles. The predicted molar refractivity (Wildman–Crippen MR) is 143 cm³/mol. The maximum Gasteiger partial charge on any atom is 0.417 e. The monoisotopic (exact) mass is 560 g/mol. The molecule has 3 rings (SSSR count).